The van der Waals surface area contributed by atoms with Crippen LogP contribution in [0.15, 0.2) is 39.7 Å². The number of aryl methyl sites for hydroxylation is 1. The third-order valence-electron chi connectivity index (χ3n) is 4.16. The Kier molecular flexibility index (Phi) is 5.69. The molecule has 0 radical (unpaired) electrons. The number of carbonyl (C=O) groups excluding carboxylic acids is 1. The Hall–Kier alpha value is -2.87. The van der Waals surface area contributed by atoms with E-state index in [1.807, 2.05) is 6.92 Å². The van der Waals surface area contributed by atoms with Crippen LogP contribution >= 0.6 is 11.6 Å². The average molecular weight is 404 g/mol. The highest BCUT2D eigenvalue weighted by Crippen LogP contribution is 2.26. The molecule has 3 rings (SSSR count). The van der Waals surface area contributed by atoms with Crippen molar-refractivity contribution in [3.63, 3.8) is 0 Å². The molecule has 3 heterocycles. The lowest BCUT2D eigenvalue weighted by Crippen LogP contribution is -2.33. The topological polar surface area (TPSA) is 106 Å². The van der Waals surface area contributed by atoms with Crippen molar-refractivity contribution in [2.75, 3.05) is 11.2 Å². The molecule has 3 aromatic heterocycles. The van der Waals surface area contributed by atoms with Crippen molar-refractivity contribution >= 4 is 23.3 Å². The number of aromatic amines is 1. The zero-order valence-electron chi connectivity index (χ0n) is 16.0. The van der Waals surface area contributed by atoms with Crippen molar-refractivity contribution in [1.82, 2.24) is 19.7 Å². The largest absolute Gasteiger partial charge is 0.463 e. The molecule has 0 bridgehead atoms. The number of rotatable bonds is 7. The first-order valence-electron chi connectivity index (χ1n) is 8.96. The van der Waals surface area contributed by atoms with E-state index in [0.717, 1.165) is 6.42 Å². The maximum absolute atomic E-state index is 12.6. The van der Waals surface area contributed by atoms with Gasteiger partial charge in [-0.25, -0.2) is 4.98 Å². The van der Waals surface area contributed by atoms with Crippen LogP contribution in [0.25, 0.3) is 17.4 Å². The lowest BCUT2D eigenvalue weighted by atomic mass is 9.95. The molecule has 2 N–H and O–H groups in total. The van der Waals surface area contributed by atoms with Crippen LogP contribution in [0.3, 0.4) is 0 Å². The fraction of sp³-hybridized carbons (Fsp3) is 0.368. The lowest BCUT2D eigenvalue weighted by molar-refractivity contribution is -0.123. The van der Waals surface area contributed by atoms with E-state index in [2.05, 4.69) is 20.4 Å². The predicted octanol–water partition coefficient (Wildman–Crippen LogP) is 3.37. The molecule has 0 unspecified atom stereocenters. The molecule has 1 amide bonds. The van der Waals surface area contributed by atoms with Gasteiger partial charge in [0.15, 0.2) is 5.76 Å². The summed E-state index contributed by atoms with van der Waals surface area (Å²) in [6.45, 7) is 5.49. The first-order valence-corrected chi connectivity index (χ1v) is 9.49. The van der Waals surface area contributed by atoms with E-state index >= 15 is 0 Å². The van der Waals surface area contributed by atoms with Gasteiger partial charge in [0, 0.05) is 23.7 Å². The second kappa shape index (κ2) is 8.02. The number of alkyl halides is 1. The van der Waals surface area contributed by atoms with Gasteiger partial charge >= 0.3 is 0 Å². The van der Waals surface area contributed by atoms with Gasteiger partial charge in [-0.1, -0.05) is 13.3 Å². The van der Waals surface area contributed by atoms with Gasteiger partial charge in [0.05, 0.1) is 11.7 Å². The average Bonchev–Trinajstić information content (AvgIpc) is 3.31. The standard InChI is InChI=1S/C19H22ClN5O3/c1-4-6-12-9-16(26)23-18(21-12)25-15(22-17(27)19(2,3)11-20)10-13(24-25)14-7-5-8-28-14/h5,7-10H,4,6,11H2,1-3H3,(H,22,27)(H,21,23,26). The van der Waals surface area contributed by atoms with Gasteiger partial charge in [0.2, 0.25) is 11.9 Å². The molecule has 0 saturated carbocycles. The third-order valence-corrected chi connectivity index (χ3v) is 4.83. The van der Waals surface area contributed by atoms with E-state index in [0.29, 0.717) is 29.4 Å². The number of hydrogen-bond acceptors (Lipinski definition) is 5. The molecule has 0 aromatic carbocycles. The number of nitrogens with one attached hydrogen (secondary N) is 2. The number of anilines is 1. The van der Waals surface area contributed by atoms with Crippen LogP contribution in [-0.4, -0.2) is 31.5 Å². The summed E-state index contributed by atoms with van der Waals surface area (Å²) in [5.41, 5.74) is 0.0657. The monoisotopic (exact) mass is 403 g/mol. The molecule has 148 valence electrons. The first kappa shape index (κ1) is 19.9. The van der Waals surface area contributed by atoms with Crippen LogP contribution in [0, 0.1) is 5.41 Å². The van der Waals surface area contributed by atoms with Crippen molar-refractivity contribution in [2.24, 2.45) is 5.41 Å². The SMILES string of the molecule is CCCc1cc(=O)[nH]c(-n2nc(-c3ccco3)cc2NC(=O)C(C)(C)CCl)n1. The third kappa shape index (κ3) is 4.17. The summed E-state index contributed by atoms with van der Waals surface area (Å²) in [5, 5.41) is 7.30. The van der Waals surface area contributed by atoms with Crippen LogP contribution in [0.1, 0.15) is 32.9 Å². The summed E-state index contributed by atoms with van der Waals surface area (Å²) >= 11 is 5.92. The van der Waals surface area contributed by atoms with E-state index in [1.54, 1.807) is 32.0 Å². The first-order chi connectivity index (χ1) is 13.3. The van der Waals surface area contributed by atoms with Gasteiger partial charge < -0.3 is 9.73 Å². The van der Waals surface area contributed by atoms with Gasteiger partial charge in [-0.05, 0) is 32.4 Å². The number of halogens is 1. The molecule has 0 spiro atoms. The van der Waals surface area contributed by atoms with E-state index in [9.17, 15) is 9.59 Å². The molecule has 8 nitrogen and oxygen atoms in total. The minimum atomic E-state index is -0.785. The molecule has 0 fully saturated rings. The Morgan fingerprint density at radius 2 is 2.18 bits per heavy atom. The zero-order chi connectivity index (χ0) is 20.3. The smallest absolute Gasteiger partial charge is 0.252 e. The van der Waals surface area contributed by atoms with E-state index < -0.39 is 5.41 Å². The van der Waals surface area contributed by atoms with Gasteiger partial charge in [-0.3, -0.25) is 14.6 Å². The predicted molar refractivity (Wildman–Crippen MR) is 107 cm³/mol. The van der Waals surface area contributed by atoms with Gasteiger partial charge in [0.25, 0.3) is 5.56 Å². The van der Waals surface area contributed by atoms with Crippen LogP contribution in [0.2, 0.25) is 0 Å². The number of carbonyl (C=O) groups is 1. The van der Waals surface area contributed by atoms with E-state index in [4.69, 9.17) is 16.0 Å². The van der Waals surface area contributed by atoms with Crippen molar-refractivity contribution in [3.05, 3.63) is 46.6 Å². The molecule has 0 aliphatic rings. The summed E-state index contributed by atoms with van der Waals surface area (Å²) in [4.78, 5) is 31.9. The molecule has 9 heteroatoms. The highest BCUT2D eigenvalue weighted by Gasteiger charge is 2.28. The number of hydrogen-bond donors (Lipinski definition) is 2. The Balaban J connectivity index is 2.09. The Bertz CT molecular complexity index is 1020. The quantitative estimate of drug-likeness (QED) is 0.588. The van der Waals surface area contributed by atoms with Crippen molar-refractivity contribution < 1.29 is 9.21 Å². The maximum atomic E-state index is 12.6. The minimum Gasteiger partial charge on any atom is -0.463 e. The number of amides is 1. The van der Waals surface area contributed by atoms with Crippen LogP contribution < -0.4 is 10.9 Å². The molecule has 3 aromatic rings. The maximum Gasteiger partial charge on any atom is 0.252 e. The Morgan fingerprint density at radius 1 is 1.39 bits per heavy atom. The zero-order valence-corrected chi connectivity index (χ0v) is 16.7. The van der Waals surface area contributed by atoms with Crippen molar-refractivity contribution in [2.45, 2.75) is 33.6 Å². The molecule has 0 aliphatic heterocycles. The molecule has 28 heavy (non-hydrogen) atoms. The van der Waals surface area contributed by atoms with E-state index in [1.165, 1.54) is 17.0 Å². The van der Waals surface area contributed by atoms with Crippen molar-refractivity contribution in [1.29, 1.82) is 0 Å². The number of furan rings is 1. The molecular formula is C19H22ClN5O3. The Morgan fingerprint density at radius 3 is 2.82 bits per heavy atom. The summed E-state index contributed by atoms with van der Waals surface area (Å²) < 4.78 is 6.79. The van der Waals surface area contributed by atoms with Gasteiger partial charge in [0.1, 0.15) is 11.5 Å². The number of nitrogens with zero attached hydrogens (tertiary/aromatic N) is 3. The highest BCUT2D eigenvalue weighted by molar-refractivity contribution is 6.20. The second-order valence-corrected chi connectivity index (χ2v) is 7.35. The van der Waals surface area contributed by atoms with Gasteiger partial charge in [-0.2, -0.15) is 9.78 Å². The molecule has 0 saturated heterocycles. The molecular weight excluding hydrogens is 382 g/mol. The Labute approximate surface area is 166 Å². The molecule has 0 atom stereocenters. The fourth-order valence-electron chi connectivity index (χ4n) is 2.50. The summed E-state index contributed by atoms with van der Waals surface area (Å²) in [6.07, 6.45) is 3.04. The summed E-state index contributed by atoms with van der Waals surface area (Å²) in [7, 11) is 0. The minimum absolute atomic E-state index is 0.152. The summed E-state index contributed by atoms with van der Waals surface area (Å²) in [6, 6.07) is 6.61. The van der Waals surface area contributed by atoms with Crippen LogP contribution in [0.4, 0.5) is 5.82 Å². The molecule has 0 aliphatic carbocycles. The van der Waals surface area contributed by atoms with Gasteiger partial charge in [-0.15, -0.1) is 11.6 Å². The van der Waals surface area contributed by atoms with Crippen LogP contribution in [-0.2, 0) is 11.2 Å². The number of aromatic nitrogens is 4. The van der Waals surface area contributed by atoms with E-state index in [-0.39, 0.29) is 23.3 Å². The second-order valence-electron chi connectivity index (χ2n) is 7.09. The fourth-order valence-corrected chi connectivity index (χ4v) is 2.62. The lowest BCUT2D eigenvalue weighted by Gasteiger charge is -2.20. The normalized spacial score (nSPS) is 11.6. The van der Waals surface area contributed by atoms with Crippen LogP contribution in [0.5, 0.6) is 0 Å². The highest BCUT2D eigenvalue weighted by atomic mass is 35.5. The number of H-pyrrole nitrogens is 1. The van der Waals surface area contributed by atoms with Crippen molar-refractivity contribution in [3.8, 4) is 17.4 Å². The summed E-state index contributed by atoms with van der Waals surface area (Å²) in [5.74, 6) is 0.970.